The number of nitrogens with two attached hydrogens (primary N) is 1. The van der Waals surface area contributed by atoms with Gasteiger partial charge in [0, 0.05) is 54.3 Å². The van der Waals surface area contributed by atoms with E-state index in [9.17, 15) is 19.8 Å². The molecule has 0 bridgehead atoms. The molecule has 16 heteroatoms. The SMILES string of the molecule is CC(NC1CC2[C@](C)(CC[C@@H](O)[C@@]2(C)CO)C(CC(Nc2ccccn2)C2=C/C(=C\c3cn(C)c4nc(N)ncc34)OC2=O)C12CO2)C(=O)NC1=NCC=N1. The van der Waals surface area contributed by atoms with Gasteiger partial charge in [-0.1, -0.05) is 19.9 Å². The van der Waals surface area contributed by atoms with Gasteiger partial charge in [0.15, 0.2) is 0 Å². The Kier molecular flexibility index (Phi) is 9.35. The molecule has 6 heterocycles. The molecule has 3 aliphatic heterocycles. The Morgan fingerprint density at radius 1 is 1.25 bits per heavy atom. The van der Waals surface area contributed by atoms with Gasteiger partial charge in [-0.25, -0.2) is 24.7 Å². The number of rotatable bonds is 10. The highest BCUT2D eigenvalue weighted by atomic mass is 16.6. The molecule has 2 aliphatic carbocycles. The maximum Gasteiger partial charge on any atom is 0.341 e. The number of fused-ring (bicyclic) bond motifs is 2. The van der Waals surface area contributed by atoms with E-state index < -0.39 is 40.6 Å². The molecule has 0 aromatic carbocycles. The van der Waals surface area contributed by atoms with Crippen molar-refractivity contribution in [2.45, 2.75) is 76.3 Å². The van der Waals surface area contributed by atoms with Gasteiger partial charge in [-0.05, 0) is 74.1 Å². The standard InChI is InChI=1S/C39H48N10O6/c1-21(33(52)48-36-42-11-12-43-36)45-29-16-27-37(2,9-8-30(51)38(27,3)19-50)28(39(29)20-54-39)15-26(46-31-7-5-6-10-41-31)24-14-23(55-34(24)53)13-22-18-49(4)32-25(22)17-44-35(40)47-32/h5-7,10-11,13-14,17-18,21,26-30,45,50-51H,8-9,12,15-16,19-20H2,1-4H3,(H,41,46)(H2,40,44,47)(H,43,48,52)/b23-13+/t21?,26?,27?,28?,29?,30-,37+,38+,39?/m1/s1. The average Bonchev–Trinajstić information content (AvgIpc) is 3.43. The quantitative estimate of drug-likeness (QED) is 0.129. The number of aliphatic hydroxyl groups excluding tert-OH is 2. The predicted molar refractivity (Wildman–Crippen MR) is 205 cm³/mol. The van der Waals surface area contributed by atoms with Gasteiger partial charge in [0.1, 0.15) is 22.8 Å². The Morgan fingerprint density at radius 3 is 2.78 bits per heavy atom. The van der Waals surface area contributed by atoms with Gasteiger partial charge >= 0.3 is 5.97 Å². The van der Waals surface area contributed by atoms with E-state index in [1.54, 1.807) is 37.7 Å². The first-order valence-electron chi connectivity index (χ1n) is 18.8. The summed E-state index contributed by atoms with van der Waals surface area (Å²) in [4.78, 5) is 48.7. The van der Waals surface area contributed by atoms with E-state index in [4.69, 9.17) is 15.2 Å². The Balaban J connectivity index is 1.17. The van der Waals surface area contributed by atoms with Crippen LogP contribution in [0.3, 0.4) is 0 Å². The lowest BCUT2D eigenvalue weighted by atomic mass is 9.43. The van der Waals surface area contributed by atoms with E-state index >= 15 is 0 Å². The zero-order valence-corrected chi connectivity index (χ0v) is 31.4. The van der Waals surface area contributed by atoms with Crippen molar-refractivity contribution in [3.05, 3.63) is 59.8 Å². The lowest BCUT2D eigenvalue weighted by molar-refractivity contribution is -0.184. The van der Waals surface area contributed by atoms with Crippen LogP contribution < -0.4 is 21.7 Å². The van der Waals surface area contributed by atoms with Gasteiger partial charge in [-0.3, -0.25) is 10.1 Å². The monoisotopic (exact) mass is 752 g/mol. The minimum absolute atomic E-state index is 0.164. The van der Waals surface area contributed by atoms with Crippen LogP contribution in [0, 0.1) is 22.7 Å². The summed E-state index contributed by atoms with van der Waals surface area (Å²) in [5.74, 6) is 0.272. The van der Waals surface area contributed by atoms with Crippen molar-refractivity contribution in [1.82, 2.24) is 30.2 Å². The smallest absolute Gasteiger partial charge is 0.341 e. The van der Waals surface area contributed by atoms with Crippen molar-refractivity contribution >= 4 is 52.9 Å². The zero-order chi connectivity index (χ0) is 38.7. The first kappa shape index (κ1) is 36.9. The van der Waals surface area contributed by atoms with Gasteiger partial charge in [0.25, 0.3) is 0 Å². The fourth-order valence-electron chi connectivity index (χ4n) is 9.78. The van der Waals surface area contributed by atoms with E-state index in [0.29, 0.717) is 61.6 Å². The fourth-order valence-corrected chi connectivity index (χ4v) is 9.78. The van der Waals surface area contributed by atoms with Crippen LogP contribution in [0.15, 0.2) is 64.2 Å². The summed E-state index contributed by atoms with van der Waals surface area (Å²) in [6.07, 6.45) is 11.9. The number of esters is 1. The van der Waals surface area contributed by atoms with Crippen LogP contribution in [0.2, 0.25) is 0 Å². The summed E-state index contributed by atoms with van der Waals surface area (Å²) in [5, 5.41) is 33.0. The number of aromatic nitrogens is 4. The molecule has 16 nitrogen and oxygen atoms in total. The predicted octanol–water partition coefficient (Wildman–Crippen LogP) is 2.11. The van der Waals surface area contributed by atoms with Crippen LogP contribution in [-0.4, -0.2) is 103 Å². The number of hydrogen-bond acceptors (Lipinski definition) is 14. The van der Waals surface area contributed by atoms with E-state index in [2.05, 4.69) is 47.8 Å². The first-order valence-corrected chi connectivity index (χ1v) is 18.8. The molecule has 6 unspecified atom stereocenters. The number of ether oxygens (including phenoxy) is 2. The number of hydrogen-bond donors (Lipinski definition) is 6. The van der Waals surface area contributed by atoms with E-state index in [0.717, 1.165) is 10.9 Å². The number of epoxide rings is 1. The van der Waals surface area contributed by atoms with Crippen LogP contribution in [0.5, 0.6) is 0 Å². The minimum Gasteiger partial charge on any atom is -0.423 e. The molecule has 8 rings (SSSR count). The highest BCUT2D eigenvalue weighted by Gasteiger charge is 2.71. The molecule has 290 valence electrons. The second-order valence-electron chi connectivity index (χ2n) is 16.1. The molecule has 7 N–H and O–H groups in total. The van der Waals surface area contributed by atoms with E-state index in [1.807, 2.05) is 42.9 Å². The topological polar surface area (TPSA) is 227 Å². The number of aliphatic hydroxyl groups is 2. The Hall–Kier alpha value is -5.03. The summed E-state index contributed by atoms with van der Waals surface area (Å²) in [5.41, 5.74) is 5.75. The molecule has 1 amide bonds. The van der Waals surface area contributed by atoms with Crippen molar-refractivity contribution in [1.29, 1.82) is 0 Å². The third-order valence-corrected chi connectivity index (χ3v) is 12.8. The number of aliphatic imine (C=N–C) groups is 2. The summed E-state index contributed by atoms with van der Waals surface area (Å²) in [7, 11) is 1.86. The van der Waals surface area contributed by atoms with Crippen LogP contribution >= 0.6 is 0 Å². The number of guanidine groups is 1. The molecule has 1 spiro atoms. The first-order chi connectivity index (χ1) is 26.3. The number of allylic oxidation sites excluding steroid dienone is 1. The van der Waals surface area contributed by atoms with Crippen LogP contribution in [0.4, 0.5) is 11.8 Å². The molecule has 2 saturated carbocycles. The lowest BCUT2D eigenvalue weighted by Gasteiger charge is -2.63. The number of pyridine rings is 1. The molecule has 0 radical (unpaired) electrons. The fraction of sp³-hybridized carbons (Fsp3) is 0.513. The van der Waals surface area contributed by atoms with Crippen molar-refractivity contribution in [3.8, 4) is 0 Å². The molecular formula is C39H48N10O6. The van der Waals surface area contributed by atoms with Crippen molar-refractivity contribution in [2.75, 3.05) is 30.8 Å². The van der Waals surface area contributed by atoms with Crippen LogP contribution in [-0.2, 0) is 26.1 Å². The van der Waals surface area contributed by atoms with Crippen molar-refractivity contribution in [2.24, 2.45) is 39.7 Å². The van der Waals surface area contributed by atoms with Crippen molar-refractivity contribution < 1.29 is 29.3 Å². The van der Waals surface area contributed by atoms with Crippen molar-refractivity contribution in [3.63, 3.8) is 0 Å². The summed E-state index contributed by atoms with van der Waals surface area (Å²) >= 11 is 0. The number of nitrogens with one attached hydrogen (secondary N) is 3. The number of nitrogen functional groups attached to an aromatic ring is 1. The molecule has 5 aliphatic rings. The lowest BCUT2D eigenvalue weighted by Crippen LogP contribution is -2.68. The maximum absolute atomic E-state index is 13.9. The highest BCUT2D eigenvalue weighted by molar-refractivity contribution is 6.04. The second kappa shape index (κ2) is 13.9. The Bertz CT molecular complexity index is 2130. The summed E-state index contributed by atoms with van der Waals surface area (Å²) < 4.78 is 14.3. The van der Waals surface area contributed by atoms with Gasteiger partial charge < -0.3 is 40.6 Å². The molecule has 3 fully saturated rings. The number of cyclic esters (lactones) is 1. The third kappa shape index (κ3) is 6.50. The summed E-state index contributed by atoms with van der Waals surface area (Å²) in [6.45, 7) is 6.64. The molecule has 3 aromatic heterocycles. The molecule has 9 atom stereocenters. The zero-order valence-electron chi connectivity index (χ0n) is 31.4. The number of carbonyl (C=O) groups is 2. The Morgan fingerprint density at radius 2 is 2.07 bits per heavy atom. The Labute approximate surface area is 318 Å². The molecule has 55 heavy (non-hydrogen) atoms. The normalized spacial score (nSPS) is 32.9. The third-order valence-electron chi connectivity index (χ3n) is 12.8. The van der Waals surface area contributed by atoms with E-state index in [1.165, 1.54) is 0 Å². The maximum atomic E-state index is 13.9. The van der Waals surface area contributed by atoms with Gasteiger partial charge in [0.2, 0.25) is 17.8 Å². The second-order valence-corrected chi connectivity index (χ2v) is 16.1. The summed E-state index contributed by atoms with van der Waals surface area (Å²) in [6, 6.07) is 4.03. The number of carbonyl (C=O) groups excluding carboxylic acids is 2. The molecule has 1 saturated heterocycles. The minimum atomic E-state index is -0.821. The van der Waals surface area contributed by atoms with Gasteiger partial charge in [0.05, 0.1) is 43.5 Å². The number of amides is 1. The molecule has 3 aromatic rings. The number of anilines is 2. The van der Waals surface area contributed by atoms with E-state index in [-0.39, 0.29) is 42.3 Å². The highest BCUT2D eigenvalue weighted by Crippen LogP contribution is 2.66. The number of nitrogens with zero attached hydrogens (tertiary/aromatic N) is 6. The number of aryl methyl sites for hydroxylation is 1. The largest absolute Gasteiger partial charge is 0.423 e. The van der Waals surface area contributed by atoms with Gasteiger partial charge in [-0.2, -0.15) is 4.98 Å². The molecular weight excluding hydrogens is 704 g/mol. The average molecular weight is 753 g/mol. The van der Waals surface area contributed by atoms with Gasteiger partial charge in [-0.15, -0.1) is 0 Å². The van der Waals surface area contributed by atoms with Crippen LogP contribution in [0.25, 0.3) is 17.1 Å². The van der Waals surface area contributed by atoms with Crippen LogP contribution in [0.1, 0.15) is 52.0 Å².